The van der Waals surface area contributed by atoms with E-state index < -0.39 is 11.6 Å². The predicted octanol–water partition coefficient (Wildman–Crippen LogP) is 2.94. The summed E-state index contributed by atoms with van der Waals surface area (Å²) in [6.07, 6.45) is 4.42. The number of urea groups is 1. The van der Waals surface area contributed by atoms with E-state index in [1.807, 2.05) is 0 Å². The first kappa shape index (κ1) is 20.8. The van der Waals surface area contributed by atoms with Crippen LogP contribution in [-0.4, -0.2) is 45.9 Å². The summed E-state index contributed by atoms with van der Waals surface area (Å²) in [6, 6.07) is 1.87. The zero-order chi connectivity index (χ0) is 20.3. The van der Waals surface area contributed by atoms with E-state index in [0.717, 1.165) is 30.8 Å². The minimum Gasteiger partial charge on any atom is -0.322 e. The topological polar surface area (TPSA) is 81.8 Å². The van der Waals surface area contributed by atoms with Crippen molar-refractivity contribution in [2.24, 2.45) is 0 Å². The average Bonchev–Trinajstić information content (AvgIpc) is 3.15. The lowest BCUT2D eigenvalue weighted by Crippen LogP contribution is -2.51. The van der Waals surface area contributed by atoms with Crippen molar-refractivity contribution in [2.45, 2.75) is 77.4 Å². The van der Waals surface area contributed by atoms with Crippen molar-refractivity contribution < 1.29 is 14.4 Å². The molecule has 0 bridgehead atoms. The van der Waals surface area contributed by atoms with Gasteiger partial charge in [-0.05, 0) is 50.6 Å². The van der Waals surface area contributed by atoms with Gasteiger partial charge in [0.15, 0.2) is 0 Å². The van der Waals surface area contributed by atoms with Crippen LogP contribution in [0.1, 0.15) is 62.8 Å². The Labute approximate surface area is 170 Å². The van der Waals surface area contributed by atoms with Crippen LogP contribution < -0.4 is 10.7 Å². The molecule has 154 valence electrons. The minimum atomic E-state index is -0.816. The summed E-state index contributed by atoms with van der Waals surface area (Å²) in [5, 5.41) is 5.77. The van der Waals surface area contributed by atoms with Gasteiger partial charge in [0.25, 0.3) is 5.91 Å². The zero-order valence-electron chi connectivity index (χ0n) is 16.9. The van der Waals surface area contributed by atoms with E-state index in [2.05, 4.69) is 47.9 Å². The number of nitrogens with zero attached hydrogens (tertiary/aromatic N) is 2. The van der Waals surface area contributed by atoms with Gasteiger partial charge in [-0.3, -0.25) is 19.9 Å². The number of thiophene rings is 1. The number of imide groups is 1. The molecule has 0 unspecified atom stereocenters. The van der Waals surface area contributed by atoms with Gasteiger partial charge < -0.3 is 5.32 Å². The van der Waals surface area contributed by atoms with Crippen molar-refractivity contribution in [3.05, 3.63) is 21.9 Å². The highest BCUT2D eigenvalue weighted by atomic mass is 32.1. The SMILES string of the molecule is Cc1ccsc1CN(CCC(=O)NN1C(=O)NC2(CCCCC2)C1=O)C(C)C. The summed E-state index contributed by atoms with van der Waals surface area (Å²) >= 11 is 1.72. The largest absolute Gasteiger partial charge is 0.344 e. The van der Waals surface area contributed by atoms with Crippen LogP contribution in [0.25, 0.3) is 0 Å². The molecule has 1 aliphatic carbocycles. The van der Waals surface area contributed by atoms with Crippen LogP contribution in [0.4, 0.5) is 4.79 Å². The highest BCUT2D eigenvalue weighted by Gasteiger charge is 2.52. The maximum absolute atomic E-state index is 12.7. The quantitative estimate of drug-likeness (QED) is 0.682. The molecule has 1 saturated carbocycles. The summed E-state index contributed by atoms with van der Waals surface area (Å²) in [4.78, 5) is 41.0. The Bertz CT molecular complexity index is 740. The van der Waals surface area contributed by atoms with E-state index in [4.69, 9.17) is 0 Å². The van der Waals surface area contributed by atoms with Crippen molar-refractivity contribution in [1.82, 2.24) is 20.7 Å². The number of rotatable bonds is 7. The molecule has 1 saturated heterocycles. The average molecular weight is 407 g/mol. The first-order chi connectivity index (χ1) is 13.3. The van der Waals surface area contributed by atoms with Crippen LogP contribution in [0.3, 0.4) is 0 Å². The molecule has 7 nitrogen and oxygen atoms in total. The van der Waals surface area contributed by atoms with Gasteiger partial charge >= 0.3 is 6.03 Å². The number of hydrogen-bond acceptors (Lipinski definition) is 5. The van der Waals surface area contributed by atoms with E-state index in [9.17, 15) is 14.4 Å². The van der Waals surface area contributed by atoms with E-state index >= 15 is 0 Å². The number of carbonyl (C=O) groups excluding carboxylic acids is 3. The van der Waals surface area contributed by atoms with Crippen molar-refractivity contribution >= 4 is 29.2 Å². The molecule has 2 N–H and O–H groups in total. The maximum Gasteiger partial charge on any atom is 0.344 e. The van der Waals surface area contributed by atoms with Crippen molar-refractivity contribution in [1.29, 1.82) is 0 Å². The van der Waals surface area contributed by atoms with Crippen LogP contribution in [0, 0.1) is 6.92 Å². The monoisotopic (exact) mass is 406 g/mol. The Morgan fingerprint density at radius 1 is 1.32 bits per heavy atom. The predicted molar refractivity (Wildman–Crippen MR) is 109 cm³/mol. The molecular formula is C20H30N4O3S. The molecule has 0 aromatic carbocycles. The highest BCUT2D eigenvalue weighted by Crippen LogP contribution is 2.33. The Morgan fingerprint density at radius 3 is 2.64 bits per heavy atom. The van der Waals surface area contributed by atoms with Crippen LogP contribution in [0.2, 0.25) is 0 Å². The summed E-state index contributed by atoms with van der Waals surface area (Å²) in [6.45, 7) is 7.66. The number of hydrogen-bond donors (Lipinski definition) is 2. The van der Waals surface area contributed by atoms with Crippen molar-refractivity contribution in [3.63, 3.8) is 0 Å². The molecular weight excluding hydrogens is 376 g/mol. The smallest absolute Gasteiger partial charge is 0.322 e. The van der Waals surface area contributed by atoms with Gasteiger partial charge in [0, 0.05) is 30.4 Å². The molecule has 0 radical (unpaired) electrons. The molecule has 1 spiro atoms. The molecule has 2 aliphatic rings. The molecule has 2 fully saturated rings. The second-order valence-electron chi connectivity index (χ2n) is 8.09. The number of hydrazine groups is 1. The van der Waals surface area contributed by atoms with Gasteiger partial charge in [0.2, 0.25) is 5.91 Å². The van der Waals surface area contributed by atoms with Crippen LogP contribution in [0.5, 0.6) is 0 Å². The van der Waals surface area contributed by atoms with Crippen LogP contribution in [0.15, 0.2) is 11.4 Å². The van der Waals surface area contributed by atoms with Gasteiger partial charge in [0.1, 0.15) is 5.54 Å². The fourth-order valence-corrected chi connectivity index (χ4v) is 4.84. The molecule has 8 heteroatoms. The van der Waals surface area contributed by atoms with Gasteiger partial charge in [-0.2, -0.15) is 5.01 Å². The molecule has 3 rings (SSSR count). The lowest BCUT2D eigenvalue weighted by atomic mass is 9.82. The second kappa shape index (κ2) is 8.61. The molecule has 4 amide bonds. The molecule has 1 aromatic rings. The third kappa shape index (κ3) is 4.38. The molecule has 1 aromatic heterocycles. The van der Waals surface area contributed by atoms with Crippen LogP contribution >= 0.6 is 11.3 Å². The van der Waals surface area contributed by atoms with Gasteiger partial charge in [-0.1, -0.05) is 19.3 Å². The van der Waals surface area contributed by atoms with E-state index in [0.29, 0.717) is 19.4 Å². The Hall–Kier alpha value is -1.93. The normalized spacial score (nSPS) is 19.0. The van der Waals surface area contributed by atoms with E-state index in [1.54, 1.807) is 11.3 Å². The minimum absolute atomic E-state index is 0.229. The fourth-order valence-electron chi connectivity index (χ4n) is 3.91. The lowest BCUT2D eigenvalue weighted by Gasteiger charge is -2.30. The van der Waals surface area contributed by atoms with Crippen molar-refractivity contribution in [2.75, 3.05) is 6.54 Å². The third-order valence-electron chi connectivity index (χ3n) is 5.78. The number of aryl methyl sites for hydroxylation is 1. The maximum atomic E-state index is 12.7. The summed E-state index contributed by atoms with van der Waals surface area (Å²) in [7, 11) is 0. The molecule has 28 heavy (non-hydrogen) atoms. The number of carbonyl (C=O) groups is 3. The lowest BCUT2D eigenvalue weighted by molar-refractivity contribution is -0.140. The number of nitrogens with one attached hydrogen (secondary N) is 2. The summed E-state index contributed by atoms with van der Waals surface area (Å²) in [5.41, 5.74) is 2.97. The molecule has 1 aliphatic heterocycles. The van der Waals surface area contributed by atoms with Crippen LogP contribution in [-0.2, 0) is 16.1 Å². The first-order valence-corrected chi connectivity index (χ1v) is 10.9. The van der Waals surface area contributed by atoms with Gasteiger partial charge in [-0.15, -0.1) is 11.3 Å². The first-order valence-electron chi connectivity index (χ1n) is 10.1. The third-order valence-corrected chi connectivity index (χ3v) is 6.78. The van der Waals surface area contributed by atoms with Gasteiger partial charge in [-0.25, -0.2) is 4.79 Å². The molecule has 0 atom stereocenters. The zero-order valence-corrected chi connectivity index (χ0v) is 17.7. The van der Waals surface area contributed by atoms with E-state index in [-0.39, 0.29) is 24.3 Å². The second-order valence-corrected chi connectivity index (χ2v) is 9.09. The van der Waals surface area contributed by atoms with Gasteiger partial charge in [0.05, 0.1) is 0 Å². The Kier molecular flexibility index (Phi) is 6.40. The van der Waals surface area contributed by atoms with E-state index in [1.165, 1.54) is 10.4 Å². The highest BCUT2D eigenvalue weighted by molar-refractivity contribution is 7.10. The fraction of sp³-hybridized carbons (Fsp3) is 0.650. The number of amides is 4. The Morgan fingerprint density at radius 2 is 2.04 bits per heavy atom. The molecule has 2 heterocycles. The summed E-state index contributed by atoms with van der Waals surface area (Å²) in [5.74, 6) is -0.634. The Balaban J connectivity index is 1.55. The standard InChI is InChI=1S/C20H30N4O3S/c1-14(2)23(13-16-15(3)8-12-28-16)11-7-17(25)22-24-18(26)20(21-19(24)27)9-5-4-6-10-20/h8,12,14H,4-7,9-11,13H2,1-3H3,(H,21,27)(H,22,25). The van der Waals surface area contributed by atoms with Crippen molar-refractivity contribution in [3.8, 4) is 0 Å². The summed E-state index contributed by atoms with van der Waals surface area (Å²) < 4.78 is 0.